The lowest BCUT2D eigenvalue weighted by molar-refractivity contribution is 0.382. The van der Waals surface area contributed by atoms with Gasteiger partial charge in [-0.25, -0.2) is 0 Å². The molecule has 1 fully saturated rings. The van der Waals surface area contributed by atoms with Crippen LogP contribution in [0.3, 0.4) is 0 Å². The Kier molecular flexibility index (Phi) is 4.90. The van der Waals surface area contributed by atoms with Gasteiger partial charge in [0.2, 0.25) is 0 Å². The number of para-hydroxylation sites is 1. The fraction of sp³-hybridized carbons (Fsp3) is 0.368. The van der Waals surface area contributed by atoms with Gasteiger partial charge in [-0.2, -0.15) is 0 Å². The zero-order valence-corrected chi connectivity index (χ0v) is 12.4. The lowest BCUT2D eigenvalue weighted by Gasteiger charge is -2.23. The maximum atomic E-state index is 5.90. The van der Waals surface area contributed by atoms with E-state index in [1.54, 1.807) is 0 Å². The summed E-state index contributed by atoms with van der Waals surface area (Å²) in [5.74, 6) is 1.82. The van der Waals surface area contributed by atoms with Crippen LogP contribution in [-0.2, 0) is 6.42 Å². The minimum atomic E-state index is 0.692. The van der Waals surface area contributed by atoms with Gasteiger partial charge in [0.1, 0.15) is 11.5 Å². The molecule has 2 aromatic carbocycles. The molecule has 1 heterocycles. The average molecular weight is 281 g/mol. The van der Waals surface area contributed by atoms with E-state index in [0.29, 0.717) is 6.04 Å². The monoisotopic (exact) mass is 281 g/mol. The molecule has 3 rings (SSSR count). The number of hydrogen-bond acceptors (Lipinski definition) is 2. The van der Waals surface area contributed by atoms with Crippen molar-refractivity contribution in [3.63, 3.8) is 0 Å². The summed E-state index contributed by atoms with van der Waals surface area (Å²) in [6.45, 7) is 1.18. The standard InChI is InChI=1S/C19H23NO/c1-2-9-18(10-3-1)21-19-11-6-7-16(15-19)12-13-17-8-4-5-14-20-17/h1-3,6-7,9-11,15,17,20H,4-5,8,12-14H2. The molecule has 0 saturated carbocycles. The van der Waals surface area contributed by atoms with Gasteiger partial charge in [0, 0.05) is 6.04 Å². The topological polar surface area (TPSA) is 21.3 Å². The average Bonchev–Trinajstić information content (AvgIpc) is 2.55. The molecule has 2 aromatic rings. The van der Waals surface area contributed by atoms with Gasteiger partial charge in [-0.1, -0.05) is 36.8 Å². The lowest BCUT2D eigenvalue weighted by Crippen LogP contribution is -2.34. The van der Waals surface area contributed by atoms with E-state index < -0.39 is 0 Å². The van der Waals surface area contributed by atoms with Crippen molar-refractivity contribution < 1.29 is 4.74 Å². The van der Waals surface area contributed by atoms with E-state index in [-0.39, 0.29) is 0 Å². The molecule has 0 aromatic heterocycles. The molecule has 1 aliphatic rings. The third-order valence-corrected chi connectivity index (χ3v) is 4.07. The Labute approximate surface area is 127 Å². The van der Waals surface area contributed by atoms with Crippen LogP contribution >= 0.6 is 0 Å². The van der Waals surface area contributed by atoms with Crippen LogP contribution in [0, 0.1) is 0 Å². The van der Waals surface area contributed by atoms with Crippen molar-refractivity contribution in [3.8, 4) is 11.5 Å². The van der Waals surface area contributed by atoms with Crippen LogP contribution in [-0.4, -0.2) is 12.6 Å². The van der Waals surface area contributed by atoms with Crippen LogP contribution in [0.2, 0.25) is 0 Å². The van der Waals surface area contributed by atoms with Crippen molar-refractivity contribution in [2.75, 3.05) is 6.54 Å². The van der Waals surface area contributed by atoms with E-state index in [4.69, 9.17) is 4.74 Å². The number of nitrogens with one attached hydrogen (secondary N) is 1. The highest BCUT2D eigenvalue weighted by atomic mass is 16.5. The Bertz CT molecular complexity index is 547. The molecule has 1 saturated heterocycles. The molecule has 21 heavy (non-hydrogen) atoms. The fourth-order valence-electron chi connectivity index (χ4n) is 2.90. The minimum absolute atomic E-state index is 0.692. The number of rotatable bonds is 5. The quantitative estimate of drug-likeness (QED) is 0.868. The largest absolute Gasteiger partial charge is 0.457 e. The number of hydrogen-bond donors (Lipinski definition) is 1. The van der Waals surface area contributed by atoms with Gasteiger partial charge >= 0.3 is 0 Å². The predicted molar refractivity (Wildman–Crippen MR) is 86.9 cm³/mol. The van der Waals surface area contributed by atoms with E-state index in [2.05, 4.69) is 23.5 Å². The van der Waals surface area contributed by atoms with Crippen molar-refractivity contribution in [1.82, 2.24) is 5.32 Å². The second kappa shape index (κ2) is 7.28. The first-order chi connectivity index (χ1) is 10.4. The maximum Gasteiger partial charge on any atom is 0.127 e. The van der Waals surface area contributed by atoms with Crippen LogP contribution in [0.15, 0.2) is 54.6 Å². The van der Waals surface area contributed by atoms with Crippen molar-refractivity contribution in [1.29, 1.82) is 0 Å². The van der Waals surface area contributed by atoms with Gasteiger partial charge in [0.25, 0.3) is 0 Å². The molecular weight excluding hydrogens is 258 g/mol. The van der Waals surface area contributed by atoms with Crippen LogP contribution in [0.25, 0.3) is 0 Å². The first kappa shape index (κ1) is 14.2. The van der Waals surface area contributed by atoms with Gasteiger partial charge in [-0.05, 0) is 62.1 Å². The Morgan fingerprint density at radius 3 is 2.62 bits per heavy atom. The summed E-state index contributed by atoms with van der Waals surface area (Å²) in [4.78, 5) is 0. The molecule has 2 nitrogen and oxygen atoms in total. The van der Waals surface area contributed by atoms with Crippen molar-refractivity contribution in [2.24, 2.45) is 0 Å². The van der Waals surface area contributed by atoms with Crippen LogP contribution < -0.4 is 10.1 Å². The first-order valence-corrected chi connectivity index (χ1v) is 7.95. The van der Waals surface area contributed by atoms with Gasteiger partial charge in [0.05, 0.1) is 0 Å². The van der Waals surface area contributed by atoms with Gasteiger partial charge in [-0.3, -0.25) is 0 Å². The number of piperidine rings is 1. The highest BCUT2D eigenvalue weighted by Crippen LogP contribution is 2.23. The fourth-order valence-corrected chi connectivity index (χ4v) is 2.90. The van der Waals surface area contributed by atoms with E-state index in [9.17, 15) is 0 Å². The summed E-state index contributed by atoms with van der Waals surface area (Å²) in [7, 11) is 0. The summed E-state index contributed by atoms with van der Waals surface area (Å²) in [6.07, 6.45) is 6.35. The summed E-state index contributed by atoms with van der Waals surface area (Å²) in [5, 5.41) is 3.61. The SMILES string of the molecule is c1ccc(Oc2cccc(CCC3CCCCN3)c2)cc1. The molecule has 0 aliphatic carbocycles. The Morgan fingerprint density at radius 1 is 0.952 bits per heavy atom. The molecular formula is C19H23NO. The molecule has 1 unspecified atom stereocenters. The molecule has 0 bridgehead atoms. The van der Waals surface area contributed by atoms with Crippen LogP contribution in [0.5, 0.6) is 11.5 Å². The summed E-state index contributed by atoms with van der Waals surface area (Å²) in [5.41, 5.74) is 1.36. The molecule has 0 amide bonds. The van der Waals surface area contributed by atoms with Gasteiger partial charge in [-0.15, -0.1) is 0 Å². The van der Waals surface area contributed by atoms with Crippen LogP contribution in [0.4, 0.5) is 0 Å². The lowest BCUT2D eigenvalue weighted by atomic mass is 9.98. The van der Waals surface area contributed by atoms with Crippen molar-refractivity contribution in [2.45, 2.75) is 38.1 Å². The Balaban J connectivity index is 1.57. The maximum absolute atomic E-state index is 5.90. The molecule has 1 N–H and O–H groups in total. The molecule has 0 radical (unpaired) electrons. The second-order valence-electron chi connectivity index (χ2n) is 5.75. The van der Waals surface area contributed by atoms with E-state index >= 15 is 0 Å². The molecule has 0 spiro atoms. The summed E-state index contributed by atoms with van der Waals surface area (Å²) in [6, 6.07) is 19.1. The zero-order chi connectivity index (χ0) is 14.3. The third-order valence-electron chi connectivity index (χ3n) is 4.07. The zero-order valence-electron chi connectivity index (χ0n) is 12.4. The smallest absolute Gasteiger partial charge is 0.127 e. The minimum Gasteiger partial charge on any atom is -0.457 e. The first-order valence-electron chi connectivity index (χ1n) is 7.95. The van der Waals surface area contributed by atoms with Crippen molar-refractivity contribution >= 4 is 0 Å². The summed E-state index contributed by atoms with van der Waals surface area (Å²) < 4.78 is 5.90. The second-order valence-corrected chi connectivity index (χ2v) is 5.75. The number of benzene rings is 2. The molecule has 1 atom stereocenters. The Hall–Kier alpha value is -1.80. The van der Waals surface area contributed by atoms with Crippen LogP contribution in [0.1, 0.15) is 31.2 Å². The van der Waals surface area contributed by atoms with Crippen molar-refractivity contribution in [3.05, 3.63) is 60.2 Å². The Morgan fingerprint density at radius 2 is 1.81 bits per heavy atom. The number of aryl methyl sites for hydroxylation is 1. The normalized spacial score (nSPS) is 18.4. The predicted octanol–water partition coefficient (Wildman–Crippen LogP) is 4.55. The van der Waals surface area contributed by atoms with E-state index in [0.717, 1.165) is 17.9 Å². The van der Waals surface area contributed by atoms with Gasteiger partial charge < -0.3 is 10.1 Å². The highest BCUT2D eigenvalue weighted by Gasteiger charge is 2.12. The third kappa shape index (κ3) is 4.33. The van der Waals surface area contributed by atoms with E-state index in [1.807, 2.05) is 36.4 Å². The summed E-state index contributed by atoms with van der Waals surface area (Å²) >= 11 is 0. The number of ether oxygens (including phenoxy) is 1. The molecule has 110 valence electrons. The van der Waals surface area contributed by atoms with E-state index in [1.165, 1.54) is 37.8 Å². The molecule has 1 aliphatic heterocycles. The molecule has 2 heteroatoms. The van der Waals surface area contributed by atoms with Gasteiger partial charge in [0.15, 0.2) is 0 Å². The highest BCUT2D eigenvalue weighted by molar-refractivity contribution is 5.33.